The molecule has 102 valence electrons. The number of anilines is 1. The van der Waals surface area contributed by atoms with Crippen molar-refractivity contribution in [3.63, 3.8) is 0 Å². The number of hydrogen-bond donors (Lipinski definition) is 1. The van der Waals surface area contributed by atoms with Crippen LogP contribution in [0.1, 0.15) is 11.1 Å². The van der Waals surface area contributed by atoms with Crippen molar-refractivity contribution in [1.29, 1.82) is 0 Å². The lowest BCUT2D eigenvalue weighted by Gasteiger charge is -2.06. The first-order valence-electron chi connectivity index (χ1n) is 6.08. The summed E-state index contributed by atoms with van der Waals surface area (Å²) < 4.78 is 19.0. The minimum atomic E-state index is -0.442. The number of nitrogens with zero attached hydrogens (tertiary/aromatic N) is 1. The highest BCUT2D eigenvalue weighted by Gasteiger charge is 2.15. The molecule has 1 aromatic heterocycles. The number of hydrogen-bond acceptors (Lipinski definition) is 3. The van der Waals surface area contributed by atoms with E-state index in [1.807, 2.05) is 19.9 Å². The smallest absolute Gasteiger partial charge is 0.227 e. The Kier molecular flexibility index (Phi) is 2.91. The van der Waals surface area contributed by atoms with Crippen molar-refractivity contribution in [2.45, 2.75) is 13.8 Å². The summed E-state index contributed by atoms with van der Waals surface area (Å²) in [6.45, 7) is 3.92. The molecule has 0 bridgehead atoms. The molecule has 0 aliphatic heterocycles. The van der Waals surface area contributed by atoms with Gasteiger partial charge in [0.15, 0.2) is 5.58 Å². The van der Waals surface area contributed by atoms with Crippen molar-refractivity contribution in [3.05, 3.63) is 46.2 Å². The Bertz CT molecular complexity index is 826. The summed E-state index contributed by atoms with van der Waals surface area (Å²) in [5.74, 6) is -0.0526. The van der Waals surface area contributed by atoms with E-state index < -0.39 is 5.82 Å². The molecule has 0 aliphatic carbocycles. The first kappa shape index (κ1) is 12.9. The minimum Gasteiger partial charge on any atom is -0.434 e. The molecule has 2 aromatic carbocycles. The molecule has 0 radical (unpaired) electrons. The van der Waals surface area contributed by atoms with Gasteiger partial charge in [0.05, 0.1) is 5.02 Å². The van der Waals surface area contributed by atoms with E-state index in [1.165, 1.54) is 12.1 Å². The van der Waals surface area contributed by atoms with Crippen LogP contribution in [0.4, 0.5) is 10.1 Å². The standard InChI is InChI=1S/C15H12ClFN2O/c1-7-3-10(18)6-11(8(7)2)15-19-13-5-9(17)4-12(16)14(13)20-15/h3-6H,18H2,1-2H3. The van der Waals surface area contributed by atoms with Gasteiger partial charge in [0, 0.05) is 17.3 Å². The van der Waals surface area contributed by atoms with Crippen LogP contribution in [0, 0.1) is 19.7 Å². The highest BCUT2D eigenvalue weighted by atomic mass is 35.5. The first-order valence-corrected chi connectivity index (χ1v) is 6.46. The molecular weight excluding hydrogens is 279 g/mol. The average molecular weight is 291 g/mol. The van der Waals surface area contributed by atoms with E-state index in [2.05, 4.69) is 4.98 Å². The molecule has 0 aliphatic rings. The van der Waals surface area contributed by atoms with Gasteiger partial charge in [-0.1, -0.05) is 11.6 Å². The van der Waals surface area contributed by atoms with Crippen LogP contribution in [0.25, 0.3) is 22.6 Å². The number of fused-ring (bicyclic) bond motifs is 1. The molecule has 0 saturated carbocycles. The molecule has 3 aromatic rings. The largest absolute Gasteiger partial charge is 0.434 e. The molecular formula is C15H12ClFN2O. The number of aryl methyl sites for hydroxylation is 1. The summed E-state index contributed by atoms with van der Waals surface area (Å²) in [6.07, 6.45) is 0. The van der Waals surface area contributed by atoms with Crippen molar-refractivity contribution in [2.75, 3.05) is 5.73 Å². The van der Waals surface area contributed by atoms with Crippen molar-refractivity contribution in [2.24, 2.45) is 0 Å². The SMILES string of the molecule is Cc1cc(N)cc(-c2nc3cc(F)cc(Cl)c3o2)c1C. The molecule has 0 unspecified atom stereocenters. The van der Waals surface area contributed by atoms with Crippen LogP contribution in [0.5, 0.6) is 0 Å². The third-order valence-corrected chi connectivity index (χ3v) is 3.61. The fourth-order valence-electron chi connectivity index (χ4n) is 2.18. The van der Waals surface area contributed by atoms with E-state index in [-0.39, 0.29) is 5.02 Å². The molecule has 0 fully saturated rings. The Hall–Kier alpha value is -2.07. The van der Waals surface area contributed by atoms with Gasteiger partial charge in [-0.3, -0.25) is 0 Å². The monoisotopic (exact) mass is 290 g/mol. The predicted molar refractivity (Wildman–Crippen MR) is 78.3 cm³/mol. The molecule has 3 rings (SSSR count). The Balaban J connectivity index is 2.28. The lowest BCUT2D eigenvalue weighted by atomic mass is 10.0. The van der Waals surface area contributed by atoms with Crippen molar-refractivity contribution < 1.29 is 8.81 Å². The van der Waals surface area contributed by atoms with Crippen molar-refractivity contribution in [3.8, 4) is 11.5 Å². The van der Waals surface area contributed by atoms with Crippen LogP contribution in [-0.2, 0) is 0 Å². The van der Waals surface area contributed by atoms with Gasteiger partial charge in [0.25, 0.3) is 0 Å². The van der Waals surface area contributed by atoms with E-state index in [0.29, 0.717) is 22.7 Å². The normalized spacial score (nSPS) is 11.2. The minimum absolute atomic E-state index is 0.206. The van der Waals surface area contributed by atoms with E-state index >= 15 is 0 Å². The molecule has 2 N–H and O–H groups in total. The summed E-state index contributed by atoms with van der Waals surface area (Å²) in [4.78, 5) is 4.30. The summed E-state index contributed by atoms with van der Waals surface area (Å²) in [7, 11) is 0. The topological polar surface area (TPSA) is 52.0 Å². The van der Waals surface area contributed by atoms with Gasteiger partial charge in [-0.15, -0.1) is 0 Å². The summed E-state index contributed by atoms with van der Waals surface area (Å²) in [5, 5.41) is 0.206. The number of rotatable bonds is 1. The van der Waals surface area contributed by atoms with Gasteiger partial charge in [0.1, 0.15) is 11.3 Å². The first-order chi connectivity index (χ1) is 9.45. The molecule has 0 spiro atoms. The molecule has 0 atom stereocenters. The summed E-state index contributed by atoms with van der Waals surface area (Å²) in [5.41, 5.74) is 10.1. The van der Waals surface area contributed by atoms with Gasteiger partial charge in [-0.25, -0.2) is 9.37 Å². The Morgan fingerprint density at radius 2 is 1.95 bits per heavy atom. The maximum Gasteiger partial charge on any atom is 0.227 e. The van der Waals surface area contributed by atoms with Crippen LogP contribution < -0.4 is 5.73 Å². The third-order valence-electron chi connectivity index (χ3n) is 3.33. The Labute approximate surface area is 120 Å². The van der Waals surface area contributed by atoms with Gasteiger partial charge in [0.2, 0.25) is 5.89 Å². The van der Waals surface area contributed by atoms with Crippen LogP contribution in [0.15, 0.2) is 28.7 Å². The summed E-state index contributed by atoms with van der Waals surface area (Å²) in [6, 6.07) is 6.17. The quantitative estimate of drug-likeness (QED) is 0.672. The zero-order valence-corrected chi connectivity index (χ0v) is 11.8. The molecule has 20 heavy (non-hydrogen) atoms. The van der Waals surface area contributed by atoms with Crippen molar-refractivity contribution >= 4 is 28.4 Å². The zero-order chi connectivity index (χ0) is 14.4. The molecule has 0 amide bonds. The lowest BCUT2D eigenvalue weighted by molar-refractivity contribution is 0.613. The number of benzene rings is 2. The van der Waals surface area contributed by atoms with E-state index in [1.54, 1.807) is 6.07 Å². The van der Waals surface area contributed by atoms with Gasteiger partial charge < -0.3 is 10.2 Å². The number of halogens is 2. The number of nitrogen functional groups attached to an aromatic ring is 1. The molecule has 5 heteroatoms. The van der Waals surface area contributed by atoms with E-state index in [9.17, 15) is 4.39 Å². The zero-order valence-electron chi connectivity index (χ0n) is 11.0. The van der Waals surface area contributed by atoms with Crippen LogP contribution in [0.2, 0.25) is 5.02 Å². The van der Waals surface area contributed by atoms with E-state index in [0.717, 1.165) is 16.7 Å². The fraction of sp³-hybridized carbons (Fsp3) is 0.133. The summed E-state index contributed by atoms with van der Waals surface area (Å²) >= 11 is 5.97. The third kappa shape index (κ3) is 2.02. The van der Waals surface area contributed by atoms with Crippen molar-refractivity contribution in [1.82, 2.24) is 4.98 Å². The number of oxazole rings is 1. The maximum absolute atomic E-state index is 13.3. The van der Waals surface area contributed by atoms with Gasteiger partial charge in [-0.2, -0.15) is 0 Å². The highest BCUT2D eigenvalue weighted by Crippen LogP contribution is 2.33. The fourth-order valence-corrected chi connectivity index (χ4v) is 2.42. The maximum atomic E-state index is 13.3. The van der Waals surface area contributed by atoms with Crippen LogP contribution in [0.3, 0.4) is 0 Å². The van der Waals surface area contributed by atoms with Gasteiger partial charge in [-0.05, 0) is 43.2 Å². The second kappa shape index (κ2) is 4.49. The second-order valence-electron chi connectivity index (χ2n) is 4.77. The molecule has 1 heterocycles. The Morgan fingerprint density at radius 1 is 1.20 bits per heavy atom. The predicted octanol–water partition coefficient (Wildman–Crippen LogP) is 4.49. The number of nitrogens with two attached hydrogens (primary N) is 1. The molecule has 3 nitrogen and oxygen atoms in total. The molecule has 0 saturated heterocycles. The van der Waals surface area contributed by atoms with E-state index in [4.69, 9.17) is 21.8 Å². The Morgan fingerprint density at radius 3 is 2.70 bits per heavy atom. The van der Waals surface area contributed by atoms with Gasteiger partial charge >= 0.3 is 0 Å². The van der Waals surface area contributed by atoms with Crippen LogP contribution in [-0.4, -0.2) is 4.98 Å². The van der Waals surface area contributed by atoms with Crippen LogP contribution >= 0.6 is 11.6 Å². The highest BCUT2D eigenvalue weighted by molar-refractivity contribution is 6.34. The second-order valence-corrected chi connectivity index (χ2v) is 5.17. The number of aromatic nitrogens is 1. The lowest BCUT2D eigenvalue weighted by Crippen LogP contribution is -1.92. The average Bonchev–Trinajstić information content (AvgIpc) is 2.77.